The molecule has 0 aliphatic carbocycles. The molecule has 0 aromatic heterocycles. The summed E-state index contributed by atoms with van der Waals surface area (Å²) in [5.41, 5.74) is 2.83. The number of amides is 1. The van der Waals surface area contributed by atoms with Crippen LogP contribution >= 0.6 is 0 Å². The average molecular weight is 365 g/mol. The van der Waals surface area contributed by atoms with Crippen molar-refractivity contribution >= 4 is 11.9 Å². The third-order valence-electron chi connectivity index (χ3n) is 5.83. The summed E-state index contributed by atoms with van der Waals surface area (Å²) in [6.45, 7) is 2.28. The minimum atomic E-state index is -0.938. The molecule has 1 amide bonds. The second kappa shape index (κ2) is 7.16. The number of rotatable bonds is 3. The van der Waals surface area contributed by atoms with E-state index in [4.69, 9.17) is 4.74 Å². The quantitative estimate of drug-likeness (QED) is 0.908. The zero-order chi connectivity index (χ0) is 18.9. The summed E-state index contributed by atoms with van der Waals surface area (Å²) in [6, 6.07) is 15.2. The molecule has 1 N–H and O–H groups in total. The number of carbonyl (C=O) groups excluding carboxylic acids is 1. The molecule has 2 aromatic carbocycles. The van der Waals surface area contributed by atoms with Crippen molar-refractivity contribution in [3.05, 3.63) is 70.8 Å². The van der Waals surface area contributed by atoms with Gasteiger partial charge in [-0.15, -0.1) is 0 Å². The minimum Gasteiger partial charge on any atom is -0.478 e. The number of nitrogens with zero attached hydrogens (tertiary/aromatic N) is 1. The molecule has 0 unspecified atom stereocenters. The summed E-state index contributed by atoms with van der Waals surface area (Å²) < 4.78 is 5.55. The Bertz CT molecular complexity index is 856. The van der Waals surface area contributed by atoms with Gasteiger partial charge in [0.25, 0.3) is 0 Å². The topological polar surface area (TPSA) is 66.8 Å². The van der Waals surface area contributed by atoms with E-state index in [-0.39, 0.29) is 11.5 Å². The lowest BCUT2D eigenvalue weighted by atomic mass is 9.72. The summed E-state index contributed by atoms with van der Waals surface area (Å²) >= 11 is 0. The van der Waals surface area contributed by atoms with Crippen molar-refractivity contribution < 1.29 is 19.4 Å². The van der Waals surface area contributed by atoms with Crippen LogP contribution in [0.2, 0.25) is 0 Å². The first kappa shape index (κ1) is 17.7. The predicted molar refractivity (Wildman–Crippen MR) is 101 cm³/mol. The highest BCUT2D eigenvalue weighted by molar-refractivity contribution is 5.89. The van der Waals surface area contributed by atoms with Crippen LogP contribution in [0.5, 0.6) is 0 Å². The van der Waals surface area contributed by atoms with Crippen LogP contribution < -0.4 is 0 Å². The largest absolute Gasteiger partial charge is 0.478 e. The molecule has 0 saturated carbocycles. The van der Waals surface area contributed by atoms with E-state index in [1.165, 1.54) is 0 Å². The molecule has 0 radical (unpaired) electrons. The van der Waals surface area contributed by atoms with E-state index in [9.17, 15) is 14.7 Å². The second-order valence-corrected chi connectivity index (χ2v) is 7.33. The van der Waals surface area contributed by atoms with Gasteiger partial charge in [-0.25, -0.2) is 4.79 Å². The zero-order valence-electron chi connectivity index (χ0n) is 15.2. The van der Waals surface area contributed by atoms with Crippen LogP contribution in [0.1, 0.15) is 39.9 Å². The Morgan fingerprint density at radius 3 is 2.44 bits per heavy atom. The number of ether oxygens (including phenoxy) is 1. The molecular weight excluding hydrogens is 342 g/mol. The zero-order valence-corrected chi connectivity index (χ0v) is 15.2. The van der Waals surface area contributed by atoms with E-state index >= 15 is 0 Å². The van der Waals surface area contributed by atoms with Gasteiger partial charge >= 0.3 is 5.97 Å². The van der Waals surface area contributed by atoms with E-state index in [0.29, 0.717) is 39.1 Å². The maximum Gasteiger partial charge on any atom is 0.335 e. The third kappa shape index (κ3) is 3.23. The molecule has 2 aromatic rings. The van der Waals surface area contributed by atoms with Crippen molar-refractivity contribution in [3.63, 3.8) is 0 Å². The lowest BCUT2D eigenvalue weighted by molar-refractivity contribution is -0.142. The van der Waals surface area contributed by atoms with Crippen molar-refractivity contribution in [1.29, 1.82) is 0 Å². The number of fused-ring (bicyclic) bond motifs is 1. The van der Waals surface area contributed by atoms with Crippen LogP contribution in [0.15, 0.2) is 48.5 Å². The third-order valence-corrected chi connectivity index (χ3v) is 5.83. The fourth-order valence-corrected chi connectivity index (χ4v) is 4.27. The predicted octanol–water partition coefficient (Wildman–Crippen LogP) is 3.02. The Morgan fingerprint density at radius 2 is 1.74 bits per heavy atom. The summed E-state index contributed by atoms with van der Waals surface area (Å²) in [4.78, 5) is 26.8. The SMILES string of the molecule is O=C(O)c1ccc2c(c1)CN(C(=O)C1(c3ccccc3)CCOCC1)CC2. The first-order chi connectivity index (χ1) is 13.1. The molecule has 0 spiro atoms. The lowest BCUT2D eigenvalue weighted by Crippen LogP contribution is -2.51. The van der Waals surface area contributed by atoms with Gasteiger partial charge in [-0.05, 0) is 48.1 Å². The van der Waals surface area contributed by atoms with E-state index in [2.05, 4.69) is 0 Å². The molecule has 1 fully saturated rings. The Labute approximate surface area is 158 Å². The van der Waals surface area contributed by atoms with Gasteiger partial charge in [-0.3, -0.25) is 4.79 Å². The van der Waals surface area contributed by atoms with Crippen molar-refractivity contribution in [2.45, 2.75) is 31.2 Å². The van der Waals surface area contributed by atoms with Gasteiger partial charge < -0.3 is 14.7 Å². The van der Waals surface area contributed by atoms with Crippen LogP contribution in [-0.4, -0.2) is 41.6 Å². The van der Waals surface area contributed by atoms with E-state index in [1.807, 2.05) is 41.3 Å². The first-order valence-corrected chi connectivity index (χ1v) is 9.38. The molecule has 2 aliphatic rings. The van der Waals surface area contributed by atoms with Gasteiger partial charge in [0.2, 0.25) is 5.91 Å². The standard InChI is InChI=1S/C22H23NO4/c24-20(25)17-7-6-16-8-11-23(15-18(16)14-17)21(26)22(9-12-27-13-10-22)19-4-2-1-3-5-19/h1-7,14H,8-13,15H2,(H,24,25). The molecule has 1 saturated heterocycles. The van der Waals surface area contributed by atoms with Crippen LogP contribution in [0.25, 0.3) is 0 Å². The molecule has 0 bridgehead atoms. The van der Waals surface area contributed by atoms with Crippen molar-refractivity contribution in [3.8, 4) is 0 Å². The van der Waals surface area contributed by atoms with Crippen molar-refractivity contribution in [2.24, 2.45) is 0 Å². The smallest absolute Gasteiger partial charge is 0.335 e. The number of carboxylic acid groups (broad SMARTS) is 1. The number of carbonyl (C=O) groups is 2. The van der Waals surface area contributed by atoms with Gasteiger partial charge in [-0.2, -0.15) is 0 Å². The molecule has 27 heavy (non-hydrogen) atoms. The Hall–Kier alpha value is -2.66. The summed E-state index contributed by atoms with van der Waals surface area (Å²) in [6.07, 6.45) is 2.10. The molecule has 4 rings (SSSR count). The van der Waals surface area contributed by atoms with Crippen LogP contribution in [0.3, 0.4) is 0 Å². The fourth-order valence-electron chi connectivity index (χ4n) is 4.27. The van der Waals surface area contributed by atoms with E-state index < -0.39 is 11.4 Å². The Morgan fingerprint density at radius 1 is 1.00 bits per heavy atom. The number of benzene rings is 2. The summed E-state index contributed by atoms with van der Waals surface area (Å²) in [7, 11) is 0. The molecule has 5 heteroatoms. The van der Waals surface area contributed by atoms with E-state index in [0.717, 1.165) is 23.1 Å². The lowest BCUT2D eigenvalue weighted by Gasteiger charge is -2.41. The first-order valence-electron chi connectivity index (χ1n) is 9.38. The Balaban J connectivity index is 1.65. The monoisotopic (exact) mass is 365 g/mol. The van der Waals surface area contributed by atoms with Gasteiger partial charge in [0.15, 0.2) is 0 Å². The van der Waals surface area contributed by atoms with Crippen LogP contribution in [0, 0.1) is 0 Å². The molecule has 140 valence electrons. The highest BCUT2D eigenvalue weighted by atomic mass is 16.5. The Kier molecular flexibility index (Phi) is 4.70. The number of hydrogen-bond acceptors (Lipinski definition) is 3. The molecule has 5 nitrogen and oxygen atoms in total. The van der Waals surface area contributed by atoms with Gasteiger partial charge in [0.05, 0.1) is 11.0 Å². The normalized spacial score (nSPS) is 18.6. The fraction of sp³-hybridized carbons (Fsp3) is 0.364. The molecule has 0 atom stereocenters. The minimum absolute atomic E-state index is 0.128. The van der Waals surface area contributed by atoms with Crippen LogP contribution in [0.4, 0.5) is 0 Å². The maximum absolute atomic E-state index is 13.7. The van der Waals surface area contributed by atoms with E-state index in [1.54, 1.807) is 12.1 Å². The van der Waals surface area contributed by atoms with Crippen LogP contribution in [-0.2, 0) is 27.9 Å². The number of aromatic carboxylic acids is 1. The number of hydrogen-bond donors (Lipinski definition) is 1. The highest BCUT2D eigenvalue weighted by Crippen LogP contribution is 2.38. The maximum atomic E-state index is 13.7. The van der Waals surface area contributed by atoms with Gasteiger partial charge in [0, 0.05) is 26.3 Å². The van der Waals surface area contributed by atoms with Crippen molar-refractivity contribution in [2.75, 3.05) is 19.8 Å². The molecule has 2 heterocycles. The van der Waals surface area contributed by atoms with Gasteiger partial charge in [0.1, 0.15) is 0 Å². The van der Waals surface area contributed by atoms with Gasteiger partial charge in [-0.1, -0.05) is 36.4 Å². The summed E-state index contributed by atoms with van der Waals surface area (Å²) in [5.74, 6) is -0.810. The molecular formula is C22H23NO4. The molecule has 2 aliphatic heterocycles. The summed E-state index contributed by atoms with van der Waals surface area (Å²) in [5, 5.41) is 9.26. The van der Waals surface area contributed by atoms with Crippen molar-refractivity contribution in [1.82, 2.24) is 4.90 Å². The highest BCUT2D eigenvalue weighted by Gasteiger charge is 2.44. The second-order valence-electron chi connectivity index (χ2n) is 7.33. The number of carboxylic acids is 1. The average Bonchev–Trinajstić information content (AvgIpc) is 2.73.